The minimum absolute atomic E-state index is 0.191. The molecule has 4 N–H and O–H groups in total. The first-order valence-electron chi connectivity index (χ1n) is 5.74. The second-order valence-corrected chi connectivity index (χ2v) is 5.35. The standard InChI is InChI=1S/C10H24NO2.2H2O.O.Ti/c1-9(2)11(5-7-12,6-8-13)10(3)4;;;;/h9-10,12-13H,5-8H2,1-4H3;2*1H2;;/q+1;;;;+2/p-2. The van der Waals surface area contributed by atoms with E-state index in [1.807, 2.05) is 0 Å². The van der Waals surface area contributed by atoms with Gasteiger partial charge in [-0.25, -0.2) is 0 Å². The monoisotopic (exact) mass is 288 g/mol. The topological polar surface area (TPSA) is 98.0 Å². The van der Waals surface area contributed by atoms with E-state index in [0.717, 1.165) is 17.6 Å². The number of nitrogens with zero attached hydrogens (tertiary/aromatic N) is 1. The van der Waals surface area contributed by atoms with Gasteiger partial charge in [0.05, 0.1) is 25.3 Å². The van der Waals surface area contributed by atoms with Gasteiger partial charge in [-0.1, -0.05) is 0 Å². The van der Waals surface area contributed by atoms with Crippen molar-refractivity contribution >= 4 is 0 Å². The Balaban J connectivity index is 0. The average molecular weight is 288 g/mol. The molecule has 0 aromatic heterocycles. The number of quaternary nitrogens is 1. The van der Waals surface area contributed by atoms with Crippen LogP contribution in [0, 0.1) is 0 Å². The van der Waals surface area contributed by atoms with E-state index in [-0.39, 0.29) is 13.2 Å². The fourth-order valence-electron chi connectivity index (χ4n) is 2.11. The van der Waals surface area contributed by atoms with Crippen LogP contribution >= 0.6 is 0 Å². The van der Waals surface area contributed by atoms with Gasteiger partial charge in [-0.3, -0.25) is 0 Å². The van der Waals surface area contributed by atoms with Crippen molar-refractivity contribution in [2.24, 2.45) is 0 Å². The Hall–Kier alpha value is 0.314. The zero-order valence-electron chi connectivity index (χ0n) is 11.1. The van der Waals surface area contributed by atoms with Crippen LogP contribution in [0.3, 0.4) is 0 Å². The minimum atomic E-state index is -3.58. The van der Waals surface area contributed by atoms with E-state index in [9.17, 15) is 0 Å². The Labute approximate surface area is 110 Å². The van der Waals surface area contributed by atoms with Crippen LogP contribution in [0.1, 0.15) is 27.7 Å². The van der Waals surface area contributed by atoms with Crippen molar-refractivity contribution in [3.63, 3.8) is 0 Å². The molecule has 0 amide bonds. The zero-order chi connectivity index (χ0) is 14.1. The summed E-state index contributed by atoms with van der Waals surface area (Å²) in [6.45, 7) is 10.4. The van der Waals surface area contributed by atoms with E-state index in [2.05, 4.69) is 27.7 Å². The number of rotatable bonds is 6. The third-order valence-corrected chi connectivity index (χ3v) is 3.09. The summed E-state index contributed by atoms with van der Waals surface area (Å²) in [7, 11) is 0. The predicted octanol–water partition coefficient (Wildman–Crippen LogP) is -0.631. The van der Waals surface area contributed by atoms with Gasteiger partial charge in [-0.15, -0.1) is 0 Å². The molecular formula is C10H26NO5Ti+. The Morgan fingerprint density at radius 1 is 0.941 bits per heavy atom. The fraction of sp³-hybridized carbons (Fsp3) is 1.00. The van der Waals surface area contributed by atoms with Gasteiger partial charge in [0, 0.05) is 0 Å². The molecule has 0 unspecified atom stereocenters. The van der Waals surface area contributed by atoms with Crippen molar-refractivity contribution in [2.75, 3.05) is 26.3 Å². The molecule has 104 valence electrons. The van der Waals surface area contributed by atoms with Crippen molar-refractivity contribution < 1.29 is 44.0 Å². The first kappa shape index (κ1) is 19.6. The van der Waals surface area contributed by atoms with Gasteiger partial charge in [0.25, 0.3) is 0 Å². The molecule has 0 rings (SSSR count). The second-order valence-electron chi connectivity index (χ2n) is 4.47. The van der Waals surface area contributed by atoms with Crippen LogP contribution in [-0.4, -0.2) is 60.5 Å². The first-order chi connectivity index (χ1) is 7.74. The first-order valence-corrected chi connectivity index (χ1v) is 7.78. The summed E-state index contributed by atoms with van der Waals surface area (Å²) in [5.41, 5.74) is 0. The average Bonchev–Trinajstić information content (AvgIpc) is 2.15. The summed E-state index contributed by atoms with van der Waals surface area (Å²) in [5, 5.41) is 18.1. The molecule has 0 aromatic rings. The number of hydrogen-bond donors (Lipinski definition) is 4. The Kier molecular flexibility index (Phi) is 11.9. The molecule has 0 saturated carbocycles. The van der Waals surface area contributed by atoms with Crippen LogP contribution in [0.2, 0.25) is 0 Å². The van der Waals surface area contributed by atoms with Crippen molar-refractivity contribution in [3.8, 4) is 0 Å². The predicted molar refractivity (Wildman–Crippen MR) is 59.6 cm³/mol. The van der Waals surface area contributed by atoms with E-state index in [1.54, 1.807) is 0 Å². The summed E-state index contributed by atoms with van der Waals surface area (Å²) in [6, 6.07) is 0.888. The van der Waals surface area contributed by atoms with Crippen molar-refractivity contribution in [3.05, 3.63) is 0 Å². The van der Waals surface area contributed by atoms with Gasteiger partial charge in [0.1, 0.15) is 13.1 Å². The summed E-state index contributed by atoms with van der Waals surface area (Å²) in [5.74, 6) is 0. The van der Waals surface area contributed by atoms with Crippen LogP contribution < -0.4 is 0 Å². The van der Waals surface area contributed by atoms with Gasteiger partial charge < -0.3 is 14.7 Å². The Morgan fingerprint density at radius 2 is 1.18 bits per heavy atom. The maximum absolute atomic E-state index is 9.03. The molecule has 0 heterocycles. The zero-order valence-corrected chi connectivity index (χ0v) is 12.7. The van der Waals surface area contributed by atoms with Crippen molar-refractivity contribution in [2.45, 2.75) is 39.8 Å². The van der Waals surface area contributed by atoms with E-state index in [4.69, 9.17) is 20.9 Å². The van der Waals surface area contributed by atoms with Gasteiger partial charge in [0.2, 0.25) is 0 Å². The molecule has 0 saturated heterocycles. The summed E-state index contributed by atoms with van der Waals surface area (Å²) < 4.78 is 24.0. The van der Waals surface area contributed by atoms with Gasteiger partial charge in [0.15, 0.2) is 0 Å². The molecule has 0 aromatic carbocycles. The molecule has 0 spiro atoms. The molecule has 0 fully saturated rings. The van der Waals surface area contributed by atoms with Crippen LogP contribution in [0.5, 0.6) is 0 Å². The quantitative estimate of drug-likeness (QED) is 0.385. The van der Waals surface area contributed by atoms with Gasteiger partial charge in [-0.05, 0) is 27.7 Å². The van der Waals surface area contributed by atoms with E-state index in [1.165, 1.54) is 0 Å². The molecule has 0 radical (unpaired) electrons. The van der Waals surface area contributed by atoms with Gasteiger partial charge in [-0.2, -0.15) is 0 Å². The molecular weight excluding hydrogens is 262 g/mol. The van der Waals surface area contributed by atoms with E-state index >= 15 is 0 Å². The van der Waals surface area contributed by atoms with E-state index < -0.39 is 18.6 Å². The van der Waals surface area contributed by atoms with Crippen LogP contribution in [0.25, 0.3) is 0 Å². The normalized spacial score (nSPS) is 11.4. The molecule has 7 heteroatoms. The Morgan fingerprint density at radius 3 is 1.29 bits per heavy atom. The van der Waals surface area contributed by atoms with Crippen LogP contribution in [-0.2, 0) is 21.9 Å². The third-order valence-electron chi connectivity index (χ3n) is 3.09. The molecule has 0 bridgehead atoms. The number of hydrogen-bond acceptors (Lipinski definition) is 3. The third kappa shape index (κ3) is 8.10. The molecule has 0 atom stereocenters. The molecule has 0 aliphatic carbocycles. The molecule has 0 aliphatic heterocycles. The second kappa shape index (κ2) is 10.3. The maximum atomic E-state index is 9.03. The fourth-order valence-corrected chi connectivity index (χ4v) is 2.11. The SMILES string of the molecule is CC(C)[N+](CCO)(CCO)C(C)C.[O]=[Ti]([OH])[OH]. The number of aliphatic hydroxyl groups is 2. The summed E-state index contributed by atoms with van der Waals surface area (Å²) in [6.07, 6.45) is 0. The van der Waals surface area contributed by atoms with Crippen LogP contribution in [0.4, 0.5) is 0 Å². The molecule has 6 nitrogen and oxygen atoms in total. The van der Waals surface area contributed by atoms with Crippen LogP contribution in [0.15, 0.2) is 0 Å². The van der Waals surface area contributed by atoms with Gasteiger partial charge >= 0.3 is 29.3 Å². The molecule has 0 aliphatic rings. The van der Waals surface area contributed by atoms with Crippen molar-refractivity contribution in [1.29, 1.82) is 0 Å². The van der Waals surface area contributed by atoms with Crippen molar-refractivity contribution in [1.82, 2.24) is 0 Å². The number of aliphatic hydroxyl groups excluding tert-OH is 2. The summed E-state index contributed by atoms with van der Waals surface area (Å²) >= 11 is -3.58. The molecule has 17 heavy (non-hydrogen) atoms. The van der Waals surface area contributed by atoms with E-state index in [0.29, 0.717) is 12.1 Å². The summed E-state index contributed by atoms with van der Waals surface area (Å²) in [4.78, 5) is 0. The Bertz CT molecular complexity index is 191.